The standard InChI is InChI=1S/C32H17N5/c33-18-26-27(19-34)36-32-30(35-26)24-16-15-21-11-7-8-14-23(21)29(24)31-25(20-9-3-1-4-10-20)17-28(37(31)32)22-12-5-2-6-13-22/h1-17H. The molecule has 0 atom stereocenters. The summed E-state index contributed by atoms with van der Waals surface area (Å²) >= 11 is 0. The number of fused-ring (bicyclic) bond motifs is 8. The Labute approximate surface area is 212 Å². The van der Waals surface area contributed by atoms with Crippen molar-refractivity contribution in [2.45, 2.75) is 0 Å². The van der Waals surface area contributed by atoms with Crippen LogP contribution in [0.3, 0.4) is 0 Å². The van der Waals surface area contributed by atoms with Crippen LogP contribution in [0, 0.1) is 22.7 Å². The van der Waals surface area contributed by atoms with Crippen LogP contribution in [0.4, 0.5) is 0 Å². The van der Waals surface area contributed by atoms with Crippen LogP contribution < -0.4 is 0 Å². The quantitative estimate of drug-likeness (QED) is 0.249. The number of pyridine rings is 1. The normalized spacial score (nSPS) is 11.2. The minimum Gasteiger partial charge on any atom is -0.291 e. The zero-order chi connectivity index (χ0) is 24.9. The van der Waals surface area contributed by atoms with Gasteiger partial charge in [-0.05, 0) is 28.0 Å². The van der Waals surface area contributed by atoms with Crippen LogP contribution in [0.2, 0.25) is 0 Å². The molecule has 0 radical (unpaired) electrons. The Kier molecular flexibility index (Phi) is 4.51. The van der Waals surface area contributed by atoms with Crippen LogP contribution in [0.1, 0.15) is 11.4 Å². The van der Waals surface area contributed by atoms with Crippen LogP contribution in [0.5, 0.6) is 0 Å². The molecular weight excluding hydrogens is 454 g/mol. The van der Waals surface area contributed by atoms with Crippen LogP contribution in [0.25, 0.3) is 60.6 Å². The molecule has 0 aliphatic rings. The van der Waals surface area contributed by atoms with E-state index in [0.29, 0.717) is 11.2 Å². The Balaban J connectivity index is 1.84. The van der Waals surface area contributed by atoms with E-state index in [0.717, 1.165) is 49.4 Å². The molecule has 0 bridgehead atoms. The van der Waals surface area contributed by atoms with Crippen molar-refractivity contribution in [3.63, 3.8) is 0 Å². The summed E-state index contributed by atoms with van der Waals surface area (Å²) < 4.78 is 2.11. The van der Waals surface area contributed by atoms with E-state index in [-0.39, 0.29) is 11.4 Å². The van der Waals surface area contributed by atoms with Gasteiger partial charge in [-0.25, -0.2) is 9.97 Å². The van der Waals surface area contributed by atoms with Gasteiger partial charge in [-0.1, -0.05) is 97.1 Å². The molecule has 0 amide bonds. The number of rotatable bonds is 2. The topological polar surface area (TPSA) is 77.8 Å². The number of nitrogens with zero attached hydrogens (tertiary/aromatic N) is 5. The molecule has 5 heteroatoms. The van der Waals surface area contributed by atoms with E-state index in [9.17, 15) is 10.5 Å². The summed E-state index contributed by atoms with van der Waals surface area (Å²) in [6.45, 7) is 0. The highest BCUT2D eigenvalue weighted by Crippen LogP contribution is 2.42. The lowest BCUT2D eigenvalue weighted by Crippen LogP contribution is -2.03. The molecule has 0 aliphatic heterocycles. The molecule has 7 aromatic rings. The van der Waals surface area contributed by atoms with E-state index in [1.807, 2.05) is 54.6 Å². The lowest BCUT2D eigenvalue weighted by molar-refractivity contribution is 1.14. The lowest BCUT2D eigenvalue weighted by Gasteiger charge is -2.14. The largest absolute Gasteiger partial charge is 0.291 e. The molecular formula is C32H17N5. The monoisotopic (exact) mass is 471 g/mol. The summed E-state index contributed by atoms with van der Waals surface area (Å²) in [6.07, 6.45) is 0. The van der Waals surface area contributed by atoms with Gasteiger partial charge in [-0.2, -0.15) is 10.5 Å². The smallest absolute Gasteiger partial charge is 0.179 e. The summed E-state index contributed by atoms with van der Waals surface area (Å²) in [4.78, 5) is 9.43. The number of hydrogen-bond donors (Lipinski definition) is 0. The van der Waals surface area contributed by atoms with Crippen molar-refractivity contribution >= 4 is 38.2 Å². The highest BCUT2D eigenvalue weighted by atomic mass is 15.0. The first-order valence-corrected chi connectivity index (χ1v) is 11.9. The fourth-order valence-electron chi connectivity index (χ4n) is 5.28. The van der Waals surface area contributed by atoms with Crippen LogP contribution >= 0.6 is 0 Å². The molecule has 3 aromatic heterocycles. The second-order valence-corrected chi connectivity index (χ2v) is 8.89. The van der Waals surface area contributed by atoms with Crippen molar-refractivity contribution in [2.24, 2.45) is 0 Å². The van der Waals surface area contributed by atoms with E-state index in [1.165, 1.54) is 0 Å². The number of hydrogen-bond acceptors (Lipinski definition) is 4. The highest BCUT2D eigenvalue weighted by molar-refractivity contribution is 6.24. The Morgan fingerprint density at radius 1 is 0.622 bits per heavy atom. The third-order valence-electron chi connectivity index (χ3n) is 6.88. The number of nitriles is 2. The first-order valence-electron chi connectivity index (χ1n) is 11.9. The molecule has 0 fully saturated rings. The van der Waals surface area contributed by atoms with Gasteiger partial charge in [0.15, 0.2) is 17.0 Å². The van der Waals surface area contributed by atoms with Crippen molar-refractivity contribution in [3.8, 4) is 34.5 Å². The third kappa shape index (κ3) is 3.02. The SMILES string of the molecule is N#Cc1nc2c3ccc4ccccc4c3c3c(-c4ccccc4)cc(-c4ccccc4)n3c2nc1C#N. The first-order chi connectivity index (χ1) is 18.3. The molecule has 0 N–H and O–H groups in total. The van der Waals surface area contributed by atoms with Gasteiger partial charge in [0.05, 0.1) is 11.2 Å². The third-order valence-corrected chi connectivity index (χ3v) is 6.88. The molecule has 0 spiro atoms. The molecule has 4 aromatic carbocycles. The minimum atomic E-state index is 0.0189. The summed E-state index contributed by atoms with van der Waals surface area (Å²) in [6, 6.07) is 39.2. The van der Waals surface area contributed by atoms with Gasteiger partial charge in [0.2, 0.25) is 0 Å². The van der Waals surface area contributed by atoms with E-state index in [2.05, 4.69) is 65.1 Å². The van der Waals surface area contributed by atoms with Crippen molar-refractivity contribution in [2.75, 3.05) is 0 Å². The molecule has 37 heavy (non-hydrogen) atoms. The Morgan fingerprint density at radius 3 is 2.00 bits per heavy atom. The van der Waals surface area contributed by atoms with Gasteiger partial charge in [-0.15, -0.1) is 0 Å². The summed E-state index contributed by atoms with van der Waals surface area (Å²) in [5.41, 5.74) is 6.29. The Hall–Kier alpha value is -5.52. The summed E-state index contributed by atoms with van der Waals surface area (Å²) in [5, 5.41) is 23.7. The predicted octanol–water partition coefficient (Wildman–Crippen LogP) is 7.27. The van der Waals surface area contributed by atoms with Crippen molar-refractivity contribution in [1.29, 1.82) is 10.5 Å². The average Bonchev–Trinajstić information content (AvgIpc) is 3.38. The zero-order valence-electron chi connectivity index (χ0n) is 19.6. The van der Waals surface area contributed by atoms with Gasteiger partial charge >= 0.3 is 0 Å². The van der Waals surface area contributed by atoms with Crippen molar-refractivity contribution in [1.82, 2.24) is 14.4 Å². The van der Waals surface area contributed by atoms with Gasteiger partial charge in [0.25, 0.3) is 0 Å². The number of benzene rings is 4. The minimum absolute atomic E-state index is 0.0189. The second-order valence-electron chi connectivity index (χ2n) is 8.89. The first kappa shape index (κ1) is 20.8. The van der Waals surface area contributed by atoms with Gasteiger partial charge in [-0.3, -0.25) is 4.40 Å². The van der Waals surface area contributed by atoms with Crippen molar-refractivity contribution < 1.29 is 0 Å². The molecule has 7 rings (SSSR count). The highest BCUT2D eigenvalue weighted by Gasteiger charge is 2.23. The Morgan fingerprint density at radius 2 is 1.27 bits per heavy atom. The maximum Gasteiger partial charge on any atom is 0.179 e. The molecule has 0 aliphatic carbocycles. The maximum absolute atomic E-state index is 9.79. The molecule has 0 saturated carbocycles. The van der Waals surface area contributed by atoms with Gasteiger partial charge in [0, 0.05) is 16.3 Å². The van der Waals surface area contributed by atoms with Gasteiger partial charge < -0.3 is 0 Å². The molecule has 170 valence electrons. The van der Waals surface area contributed by atoms with Crippen LogP contribution in [-0.2, 0) is 0 Å². The fraction of sp³-hybridized carbons (Fsp3) is 0. The Bertz CT molecular complexity index is 2090. The van der Waals surface area contributed by atoms with Crippen LogP contribution in [0.15, 0.2) is 103 Å². The lowest BCUT2D eigenvalue weighted by atomic mass is 9.98. The fourth-order valence-corrected chi connectivity index (χ4v) is 5.28. The molecule has 5 nitrogen and oxygen atoms in total. The molecule has 0 unspecified atom stereocenters. The maximum atomic E-state index is 9.79. The zero-order valence-corrected chi connectivity index (χ0v) is 19.6. The molecule has 0 saturated heterocycles. The van der Waals surface area contributed by atoms with E-state index < -0.39 is 0 Å². The van der Waals surface area contributed by atoms with Crippen molar-refractivity contribution in [3.05, 3.63) is 115 Å². The second kappa shape index (κ2) is 8.02. The number of aromatic nitrogens is 3. The predicted molar refractivity (Wildman–Crippen MR) is 146 cm³/mol. The van der Waals surface area contributed by atoms with E-state index in [1.54, 1.807) is 0 Å². The van der Waals surface area contributed by atoms with Gasteiger partial charge in [0.1, 0.15) is 17.7 Å². The summed E-state index contributed by atoms with van der Waals surface area (Å²) in [7, 11) is 0. The van der Waals surface area contributed by atoms with E-state index >= 15 is 0 Å². The molecule has 3 heterocycles. The average molecular weight is 472 g/mol. The van der Waals surface area contributed by atoms with E-state index in [4.69, 9.17) is 9.97 Å². The summed E-state index contributed by atoms with van der Waals surface area (Å²) in [5.74, 6) is 0. The van der Waals surface area contributed by atoms with Crippen LogP contribution in [-0.4, -0.2) is 14.4 Å².